The van der Waals surface area contributed by atoms with E-state index in [0.717, 1.165) is 12.1 Å². The van der Waals surface area contributed by atoms with E-state index in [1.54, 1.807) is 13.8 Å². The van der Waals surface area contributed by atoms with Crippen molar-refractivity contribution < 1.29 is 18.3 Å². The third-order valence-corrected chi connectivity index (χ3v) is 3.33. The van der Waals surface area contributed by atoms with Gasteiger partial charge in [0.05, 0.1) is 16.8 Å². The number of pyridine rings is 1. The molecule has 0 amide bonds. The molecule has 0 spiro atoms. The summed E-state index contributed by atoms with van der Waals surface area (Å²) in [5.41, 5.74) is 6.01. The molecule has 122 valence electrons. The molecule has 0 aliphatic rings. The molecule has 0 saturated carbocycles. The van der Waals surface area contributed by atoms with Crippen LogP contribution in [-0.4, -0.2) is 15.9 Å². The van der Waals surface area contributed by atoms with Gasteiger partial charge in [0.1, 0.15) is 17.4 Å². The van der Waals surface area contributed by atoms with E-state index < -0.39 is 11.7 Å². The number of hydrogen-bond donors (Lipinski definition) is 4. The monoisotopic (exact) mass is 324 g/mol. The largest absolute Gasteiger partial charge is 0.506 e. The molecular formula is C15H15F3N4O. The summed E-state index contributed by atoms with van der Waals surface area (Å²) in [5, 5.41) is 20.3. The van der Waals surface area contributed by atoms with E-state index in [4.69, 9.17) is 11.1 Å². The highest BCUT2D eigenvalue weighted by atomic mass is 19.4. The number of aryl methyl sites for hydroxylation is 1. The molecule has 1 heterocycles. The molecule has 0 aliphatic carbocycles. The molecular weight excluding hydrogens is 309 g/mol. The molecule has 23 heavy (non-hydrogen) atoms. The van der Waals surface area contributed by atoms with Crippen LogP contribution in [0.1, 0.15) is 22.4 Å². The van der Waals surface area contributed by atoms with Gasteiger partial charge < -0.3 is 16.2 Å². The Morgan fingerprint density at radius 2 is 1.78 bits per heavy atom. The maximum absolute atomic E-state index is 12.6. The number of nitrogen functional groups attached to an aromatic ring is 1. The average Bonchev–Trinajstić information content (AvgIpc) is 2.44. The molecule has 5 nitrogen and oxygen atoms in total. The predicted octanol–water partition coefficient (Wildman–Crippen LogP) is 3.45. The molecule has 0 unspecified atom stereocenters. The average molecular weight is 324 g/mol. The van der Waals surface area contributed by atoms with Crippen molar-refractivity contribution in [2.24, 2.45) is 5.73 Å². The van der Waals surface area contributed by atoms with Crippen LogP contribution in [0.15, 0.2) is 24.3 Å². The summed E-state index contributed by atoms with van der Waals surface area (Å²) in [6.07, 6.45) is -4.41. The summed E-state index contributed by atoms with van der Waals surface area (Å²) in [6.45, 7) is 3.16. The second kappa shape index (κ2) is 5.79. The van der Waals surface area contributed by atoms with Crippen molar-refractivity contribution in [3.05, 3.63) is 46.6 Å². The Morgan fingerprint density at radius 3 is 2.26 bits per heavy atom. The van der Waals surface area contributed by atoms with Crippen molar-refractivity contribution in [1.29, 1.82) is 5.41 Å². The second-order valence-electron chi connectivity index (χ2n) is 5.01. The van der Waals surface area contributed by atoms with Gasteiger partial charge in [0, 0.05) is 11.3 Å². The van der Waals surface area contributed by atoms with Gasteiger partial charge in [0.2, 0.25) is 0 Å². The van der Waals surface area contributed by atoms with Gasteiger partial charge in [0.15, 0.2) is 0 Å². The van der Waals surface area contributed by atoms with Crippen molar-refractivity contribution in [2.45, 2.75) is 20.0 Å². The Balaban J connectivity index is 2.42. The Hall–Kier alpha value is -2.77. The summed E-state index contributed by atoms with van der Waals surface area (Å²) in [6, 6.07) is 4.39. The number of nitrogens with two attached hydrogens (primary N) is 1. The molecule has 0 radical (unpaired) electrons. The molecule has 0 fully saturated rings. The van der Waals surface area contributed by atoms with Crippen molar-refractivity contribution in [1.82, 2.24) is 4.98 Å². The van der Waals surface area contributed by atoms with Crippen molar-refractivity contribution >= 4 is 17.3 Å². The quantitative estimate of drug-likeness (QED) is 0.514. The summed E-state index contributed by atoms with van der Waals surface area (Å²) >= 11 is 0. The molecule has 1 aromatic heterocycles. The Morgan fingerprint density at radius 1 is 1.22 bits per heavy atom. The van der Waals surface area contributed by atoms with Crippen LogP contribution in [0.4, 0.5) is 24.7 Å². The highest BCUT2D eigenvalue weighted by molar-refractivity contribution is 6.02. The van der Waals surface area contributed by atoms with Crippen LogP contribution < -0.4 is 11.1 Å². The lowest BCUT2D eigenvalue weighted by atomic mass is 10.1. The smallest absolute Gasteiger partial charge is 0.416 e. The predicted molar refractivity (Wildman–Crippen MR) is 81.1 cm³/mol. The van der Waals surface area contributed by atoms with E-state index in [1.165, 1.54) is 12.1 Å². The number of hydrogen-bond acceptors (Lipinski definition) is 4. The number of rotatable bonds is 3. The van der Waals surface area contributed by atoms with E-state index in [0.29, 0.717) is 16.9 Å². The number of nitrogens with one attached hydrogen (secondary N) is 2. The fourth-order valence-corrected chi connectivity index (χ4v) is 2.14. The van der Waals surface area contributed by atoms with Crippen molar-refractivity contribution in [3.63, 3.8) is 0 Å². The van der Waals surface area contributed by atoms with Crippen LogP contribution in [0.3, 0.4) is 0 Å². The number of aromatic nitrogens is 1. The van der Waals surface area contributed by atoms with Gasteiger partial charge in [-0.25, -0.2) is 4.98 Å². The van der Waals surface area contributed by atoms with Crippen LogP contribution in [-0.2, 0) is 6.18 Å². The fourth-order valence-electron chi connectivity index (χ4n) is 2.14. The molecule has 2 aromatic rings. The zero-order chi connectivity index (χ0) is 17.4. The van der Waals surface area contributed by atoms with Gasteiger partial charge in [-0.3, -0.25) is 5.41 Å². The third kappa shape index (κ3) is 3.36. The Kier molecular flexibility index (Phi) is 4.18. The highest BCUT2D eigenvalue weighted by Crippen LogP contribution is 2.32. The van der Waals surface area contributed by atoms with E-state index in [2.05, 4.69) is 10.3 Å². The molecule has 0 saturated heterocycles. The zero-order valence-electron chi connectivity index (χ0n) is 12.4. The first-order chi connectivity index (χ1) is 10.6. The number of alkyl halides is 3. The van der Waals surface area contributed by atoms with Crippen LogP contribution in [0.2, 0.25) is 0 Å². The number of aromatic hydroxyl groups is 1. The van der Waals surface area contributed by atoms with E-state index in [9.17, 15) is 18.3 Å². The normalized spacial score (nSPS) is 11.3. The molecule has 0 aliphatic heterocycles. The van der Waals surface area contributed by atoms with Crippen molar-refractivity contribution in [2.75, 3.05) is 5.32 Å². The Labute approximate surface area is 130 Å². The van der Waals surface area contributed by atoms with Gasteiger partial charge in [0.25, 0.3) is 0 Å². The molecule has 0 bridgehead atoms. The zero-order valence-corrected chi connectivity index (χ0v) is 12.4. The number of nitrogens with zero attached hydrogens (tertiary/aromatic N) is 1. The lowest BCUT2D eigenvalue weighted by Crippen LogP contribution is -2.17. The second-order valence-corrected chi connectivity index (χ2v) is 5.01. The minimum Gasteiger partial charge on any atom is -0.506 e. The standard InChI is InChI=1S/C15H15F3N4O/c1-7-11(13(19)20)14(21-8(2)12(7)23)22-10-5-3-9(4-6-10)15(16,17)18/h3-6,23H,1-2H3,(H3,19,20)(H,21,22). The van der Waals surface area contributed by atoms with E-state index >= 15 is 0 Å². The summed E-state index contributed by atoms with van der Waals surface area (Å²) in [4.78, 5) is 4.12. The Bertz CT molecular complexity index is 755. The minimum absolute atomic E-state index is 0.0758. The first-order valence-electron chi connectivity index (χ1n) is 6.60. The van der Waals surface area contributed by atoms with Gasteiger partial charge in [-0.15, -0.1) is 0 Å². The number of anilines is 2. The fraction of sp³-hybridized carbons (Fsp3) is 0.200. The van der Waals surface area contributed by atoms with E-state index in [-0.39, 0.29) is 23.0 Å². The first kappa shape index (κ1) is 16.6. The van der Waals surface area contributed by atoms with Gasteiger partial charge in [-0.05, 0) is 38.1 Å². The van der Waals surface area contributed by atoms with E-state index in [1.807, 2.05) is 0 Å². The first-order valence-corrected chi connectivity index (χ1v) is 6.60. The maximum atomic E-state index is 12.6. The number of halogens is 3. The summed E-state index contributed by atoms with van der Waals surface area (Å²) in [5.74, 6) is -0.182. The lowest BCUT2D eigenvalue weighted by molar-refractivity contribution is -0.137. The van der Waals surface area contributed by atoms with Crippen LogP contribution in [0, 0.1) is 19.3 Å². The van der Waals surface area contributed by atoms with Gasteiger partial charge >= 0.3 is 6.18 Å². The molecule has 2 rings (SSSR count). The maximum Gasteiger partial charge on any atom is 0.416 e. The lowest BCUT2D eigenvalue weighted by Gasteiger charge is -2.16. The van der Waals surface area contributed by atoms with Crippen molar-refractivity contribution in [3.8, 4) is 5.75 Å². The van der Waals surface area contributed by atoms with Gasteiger partial charge in [-0.2, -0.15) is 13.2 Å². The minimum atomic E-state index is -4.41. The SMILES string of the molecule is Cc1nc(Nc2ccc(C(F)(F)F)cc2)c(C(=N)N)c(C)c1O. The molecule has 8 heteroatoms. The van der Waals surface area contributed by atoms with Crippen LogP contribution >= 0.6 is 0 Å². The highest BCUT2D eigenvalue weighted by Gasteiger charge is 2.30. The summed E-state index contributed by atoms with van der Waals surface area (Å²) in [7, 11) is 0. The molecule has 1 aromatic carbocycles. The third-order valence-electron chi connectivity index (χ3n) is 3.33. The van der Waals surface area contributed by atoms with Crippen LogP contribution in [0.5, 0.6) is 5.75 Å². The topological polar surface area (TPSA) is 95.0 Å². The number of benzene rings is 1. The number of amidine groups is 1. The van der Waals surface area contributed by atoms with Gasteiger partial charge in [-0.1, -0.05) is 0 Å². The summed E-state index contributed by atoms with van der Waals surface area (Å²) < 4.78 is 37.7. The molecule has 0 atom stereocenters. The molecule has 5 N–H and O–H groups in total. The van der Waals surface area contributed by atoms with Crippen LogP contribution in [0.25, 0.3) is 0 Å².